The SMILES string of the molecule is Nc1ccccc1C(O)CSc1nnc2n1CCCCC2. The highest BCUT2D eigenvalue weighted by Crippen LogP contribution is 2.28. The van der Waals surface area contributed by atoms with Gasteiger partial charge in [-0.2, -0.15) is 0 Å². The number of benzene rings is 1. The summed E-state index contributed by atoms with van der Waals surface area (Å²) < 4.78 is 2.19. The lowest BCUT2D eigenvalue weighted by Gasteiger charge is -2.13. The minimum atomic E-state index is -0.588. The number of hydrogen-bond acceptors (Lipinski definition) is 5. The highest BCUT2D eigenvalue weighted by atomic mass is 32.2. The molecule has 1 aliphatic heterocycles. The third kappa shape index (κ3) is 3.22. The number of nitrogen functional groups attached to an aromatic ring is 1. The molecule has 0 aliphatic carbocycles. The van der Waals surface area contributed by atoms with E-state index in [4.69, 9.17) is 5.73 Å². The van der Waals surface area contributed by atoms with Gasteiger partial charge in [0.15, 0.2) is 5.16 Å². The summed E-state index contributed by atoms with van der Waals surface area (Å²) in [6.45, 7) is 0.980. The number of nitrogens with zero attached hydrogens (tertiary/aromatic N) is 3. The fourth-order valence-corrected chi connectivity index (χ4v) is 3.56. The molecule has 0 saturated carbocycles. The van der Waals surface area contributed by atoms with Crippen LogP contribution in [0.15, 0.2) is 29.4 Å². The van der Waals surface area contributed by atoms with Crippen molar-refractivity contribution in [2.24, 2.45) is 0 Å². The first kappa shape index (κ1) is 14.4. The first-order valence-electron chi connectivity index (χ1n) is 7.33. The number of thioether (sulfide) groups is 1. The van der Waals surface area contributed by atoms with Gasteiger partial charge in [0.05, 0.1) is 6.10 Å². The summed E-state index contributed by atoms with van der Waals surface area (Å²) in [6, 6.07) is 7.44. The van der Waals surface area contributed by atoms with Crippen LogP contribution in [0.25, 0.3) is 0 Å². The molecule has 1 aliphatic rings. The second-order valence-corrected chi connectivity index (χ2v) is 6.30. The number of aryl methyl sites for hydroxylation is 1. The molecule has 1 unspecified atom stereocenters. The maximum atomic E-state index is 10.3. The van der Waals surface area contributed by atoms with Crippen LogP contribution < -0.4 is 5.73 Å². The van der Waals surface area contributed by atoms with Crippen LogP contribution in [0, 0.1) is 0 Å². The Kier molecular flexibility index (Phi) is 4.45. The molecule has 0 spiro atoms. The molecule has 2 aromatic rings. The summed E-state index contributed by atoms with van der Waals surface area (Å²) in [5.74, 6) is 1.61. The van der Waals surface area contributed by atoms with Crippen molar-refractivity contribution in [3.63, 3.8) is 0 Å². The van der Waals surface area contributed by atoms with E-state index < -0.39 is 6.10 Å². The van der Waals surface area contributed by atoms with Crippen molar-refractivity contribution in [1.29, 1.82) is 0 Å². The van der Waals surface area contributed by atoms with Gasteiger partial charge in [0, 0.05) is 30.0 Å². The van der Waals surface area contributed by atoms with Gasteiger partial charge in [0.2, 0.25) is 0 Å². The van der Waals surface area contributed by atoms with Crippen LogP contribution in [0.5, 0.6) is 0 Å². The van der Waals surface area contributed by atoms with E-state index in [1.807, 2.05) is 24.3 Å². The average Bonchev–Trinajstić information content (AvgIpc) is 2.72. The molecule has 112 valence electrons. The standard InChI is InChI=1S/C15H20N4OS/c16-12-7-4-3-6-11(12)13(20)10-21-15-18-17-14-8-2-1-5-9-19(14)15/h3-4,6-7,13,20H,1-2,5,8-10,16H2. The fourth-order valence-electron chi connectivity index (χ4n) is 2.62. The third-order valence-electron chi connectivity index (χ3n) is 3.80. The van der Waals surface area contributed by atoms with E-state index in [1.165, 1.54) is 19.3 Å². The van der Waals surface area contributed by atoms with Gasteiger partial charge in [-0.1, -0.05) is 36.4 Å². The zero-order valence-corrected chi connectivity index (χ0v) is 12.7. The maximum Gasteiger partial charge on any atom is 0.191 e. The van der Waals surface area contributed by atoms with Crippen LogP contribution in [0.3, 0.4) is 0 Å². The Morgan fingerprint density at radius 2 is 2.10 bits per heavy atom. The van der Waals surface area contributed by atoms with Gasteiger partial charge in [0.1, 0.15) is 5.82 Å². The van der Waals surface area contributed by atoms with E-state index in [0.717, 1.165) is 29.5 Å². The van der Waals surface area contributed by atoms with E-state index in [1.54, 1.807) is 11.8 Å². The number of aromatic nitrogens is 3. The largest absolute Gasteiger partial charge is 0.398 e. The van der Waals surface area contributed by atoms with Crippen molar-refractivity contribution in [3.05, 3.63) is 35.7 Å². The van der Waals surface area contributed by atoms with Gasteiger partial charge >= 0.3 is 0 Å². The average molecular weight is 304 g/mol. The summed E-state index contributed by atoms with van der Waals surface area (Å²) in [7, 11) is 0. The van der Waals surface area contributed by atoms with Crippen LogP contribution in [0.4, 0.5) is 5.69 Å². The summed E-state index contributed by atoms with van der Waals surface area (Å²) in [5, 5.41) is 19.7. The molecule has 3 rings (SSSR count). The second-order valence-electron chi connectivity index (χ2n) is 5.32. The molecular weight excluding hydrogens is 284 g/mol. The van der Waals surface area contributed by atoms with E-state index in [9.17, 15) is 5.11 Å². The lowest BCUT2D eigenvalue weighted by Crippen LogP contribution is -2.07. The van der Waals surface area contributed by atoms with Gasteiger partial charge in [-0.15, -0.1) is 10.2 Å². The predicted octanol–water partition coefficient (Wildman–Crippen LogP) is 2.41. The number of nitrogens with two attached hydrogens (primary N) is 1. The molecule has 1 aromatic heterocycles. The Morgan fingerprint density at radius 3 is 2.95 bits per heavy atom. The Hall–Kier alpha value is -1.53. The van der Waals surface area contributed by atoms with Crippen LogP contribution in [-0.2, 0) is 13.0 Å². The number of hydrogen-bond donors (Lipinski definition) is 2. The zero-order valence-electron chi connectivity index (χ0n) is 11.9. The topological polar surface area (TPSA) is 77.0 Å². The Balaban J connectivity index is 1.68. The number of aliphatic hydroxyl groups excluding tert-OH is 1. The summed E-state index contributed by atoms with van der Waals surface area (Å²) in [6.07, 6.45) is 4.02. The Bertz CT molecular complexity index is 613. The molecule has 0 bridgehead atoms. The molecule has 0 fully saturated rings. The molecule has 0 amide bonds. The molecule has 5 nitrogen and oxygen atoms in total. The van der Waals surface area contributed by atoms with E-state index in [0.29, 0.717) is 11.4 Å². The van der Waals surface area contributed by atoms with Gasteiger partial charge in [-0.25, -0.2) is 0 Å². The smallest absolute Gasteiger partial charge is 0.191 e. The number of rotatable bonds is 4. The molecule has 1 aromatic carbocycles. The van der Waals surface area contributed by atoms with Crippen LogP contribution >= 0.6 is 11.8 Å². The molecule has 6 heteroatoms. The number of anilines is 1. The fraction of sp³-hybridized carbons (Fsp3) is 0.467. The first-order chi connectivity index (χ1) is 10.3. The van der Waals surface area contributed by atoms with Crippen molar-refractivity contribution in [2.75, 3.05) is 11.5 Å². The van der Waals surface area contributed by atoms with E-state index >= 15 is 0 Å². The van der Waals surface area contributed by atoms with Crippen molar-refractivity contribution in [2.45, 2.75) is 43.5 Å². The maximum absolute atomic E-state index is 10.3. The van der Waals surface area contributed by atoms with Crippen LogP contribution in [0.1, 0.15) is 36.8 Å². The minimum Gasteiger partial charge on any atom is -0.398 e. The summed E-state index contributed by atoms with van der Waals surface area (Å²) in [4.78, 5) is 0. The van der Waals surface area contributed by atoms with Gasteiger partial charge in [0.25, 0.3) is 0 Å². The van der Waals surface area contributed by atoms with Crippen molar-refractivity contribution in [3.8, 4) is 0 Å². The molecule has 1 atom stereocenters. The summed E-state index contributed by atoms with van der Waals surface area (Å²) in [5.41, 5.74) is 7.31. The first-order valence-corrected chi connectivity index (χ1v) is 8.31. The molecule has 0 radical (unpaired) electrons. The van der Waals surface area contributed by atoms with Crippen molar-refractivity contribution < 1.29 is 5.11 Å². The van der Waals surface area contributed by atoms with Crippen LogP contribution in [0.2, 0.25) is 0 Å². The van der Waals surface area contributed by atoms with E-state index in [-0.39, 0.29) is 0 Å². The lowest BCUT2D eigenvalue weighted by atomic mass is 10.1. The monoisotopic (exact) mass is 304 g/mol. The number of para-hydroxylation sites is 1. The third-order valence-corrected chi connectivity index (χ3v) is 4.84. The van der Waals surface area contributed by atoms with Gasteiger partial charge in [-0.05, 0) is 18.9 Å². The van der Waals surface area contributed by atoms with E-state index in [2.05, 4.69) is 14.8 Å². The molecular formula is C15H20N4OS. The lowest BCUT2D eigenvalue weighted by molar-refractivity contribution is 0.205. The number of aliphatic hydroxyl groups is 1. The molecule has 3 N–H and O–H groups in total. The van der Waals surface area contributed by atoms with Crippen molar-refractivity contribution >= 4 is 17.4 Å². The summed E-state index contributed by atoms with van der Waals surface area (Å²) >= 11 is 1.55. The molecule has 2 heterocycles. The minimum absolute atomic E-state index is 0.534. The zero-order chi connectivity index (χ0) is 14.7. The highest BCUT2D eigenvalue weighted by Gasteiger charge is 2.17. The predicted molar refractivity (Wildman–Crippen MR) is 84.1 cm³/mol. The van der Waals surface area contributed by atoms with Crippen LogP contribution in [-0.4, -0.2) is 25.6 Å². The normalized spacial score (nSPS) is 16.2. The Labute approximate surface area is 128 Å². The molecule has 0 saturated heterocycles. The van der Waals surface area contributed by atoms with Gasteiger partial charge in [-0.3, -0.25) is 0 Å². The quantitative estimate of drug-likeness (QED) is 0.670. The number of fused-ring (bicyclic) bond motifs is 1. The Morgan fingerprint density at radius 1 is 1.24 bits per heavy atom. The van der Waals surface area contributed by atoms with Gasteiger partial charge < -0.3 is 15.4 Å². The highest BCUT2D eigenvalue weighted by molar-refractivity contribution is 7.99. The second kappa shape index (κ2) is 6.49. The van der Waals surface area contributed by atoms with Crippen molar-refractivity contribution in [1.82, 2.24) is 14.8 Å². The molecule has 21 heavy (non-hydrogen) atoms.